The molecule has 2 heterocycles. The van der Waals surface area contributed by atoms with Gasteiger partial charge >= 0.3 is 5.97 Å². The van der Waals surface area contributed by atoms with Crippen molar-refractivity contribution in [1.82, 2.24) is 9.97 Å². The van der Waals surface area contributed by atoms with Gasteiger partial charge in [-0.25, -0.2) is 9.97 Å². The van der Waals surface area contributed by atoms with Crippen LogP contribution < -0.4 is 4.90 Å². The number of aromatic nitrogens is 2. The van der Waals surface area contributed by atoms with Crippen LogP contribution >= 0.6 is 0 Å². The van der Waals surface area contributed by atoms with Gasteiger partial charge in [-0.2, -0.15) is 0 Å². The molecule has 24 heavy (non-hydrogen) atoms. The molecule has 2 aromatic rings. The van der Waals surface area contributed by atoms with Crippen molar-refractivity contribution in [2.24, 2.45) is 5.92 Å². The molecule has 1 saturated heterocycles. The van der Waals surface area contributed by atoms with Crippen LogP contribution in [-0.4, -0.2) is 34.1 Å². The highest BCUT2D eigenvalue weighted by molar-refractivity contribution is 5.71. The van der Waals surface area contributed by atoms with Crippen molar-refractivity contribution in [3.63, 3.8) is 0 Å². The van der Waals surface area contributed by atoms with Gasteiger partial charge in [0.25, 0.3) is 0 Å². The minimum Gasteiger partial charge on any atom is -0.481 e. The van der Waals surface area contributed by atoms with E-state index in [0.29, 0.717) is 12.4 Å². The molecule has 1 aromatic heterocycles. The highest BCUT2D eigenvalue weighted by Crippen LogP contribution is 2.28. The van der Waals surface area contributed by atoms with Crippen LogP contribution in [0.3, 0.4) is 0 Å². The summed E-state index contributed by atoms with van der Waals surface area (Å²) in [5.41, 5.74) is 4.14. The average Bonchev–Trinajstić information content (AvgIpc) is 2.58. The number of aliphatic carboxylic acids is 1. The van der Waals surface area contributed by atoms with Gasteiger partial charge < -0.3 is 10.0 Å². The largest absolute Gasteiger partial charge is 0.481 e. The summed E-state index contributed by atoms with van der Waals surface area (Å²) in [6.07, 6.45) is 1.61. The Hall–Kier alpha value is -2.43. The zero-order valence-corrected chi connectivity index (χ0v) is 14.4. The van der Waals surface area contributed by atoms with E-state index in [1.807, 2.05) is 26.0 Å². The van der Waals surface area contributed by atoms with Crippen LogP contribution in [0.2, 0.25) is 0 Å². The number of carboxylic acid groups (broad SMARTS) is 1. The summed E-state index contributed by atoms with van der Waals surface area (Å²) in [5, 5.41) is 9.33. The number of anilines is 1. The van der Waals surface area contributed by atoms with Gasteiger partial charge in [0.1, 0.15) is 5.82 Å². The van der Waals surface area contributed by atoms with E-state index >= 15 is 0 Å². The van der Waals surface area contributed by atoms with Crippen LogP contribution in [0, 0.1) is 26.7 Å². The summed E-state index contributed by atoms with van der Waals surface area (Å²) in [4.78, 5) is 22.8. The summed E-state index contributed by atoms with van der Waals surface area (Å²) in [7, 11) is 0. The Bertz CT molecular complexity index is 756. The molecule has 3 rings (SSSR count). The maximum atomic E-state index is 11.3. The number of hydrogen-bond donors (Lipinski definition) is 1. The molecule has 1 aromatic carbocycles. The summed E-state index contributed by atoms with van der Waals surface area (Å²) in [6.45, 7) is 7.40. The first kappa shape index (κ1) is 16.4. The first-order valence-corrected chi connectivity index (χ1v) is 8.35. The Morgan fingerprint density at radius 2 is 1.88 bits per heavy atom. The first-order chi connectivity index (χ1) is 11.5. The maximum absolute atomic E-state index is 11.3. The van der Waals surface area contributed by atoms with Crippen LogP contribution in [-0.2, 0) is 4.79 Å². The molecule has 1 aliphatic rings. The number of hydrogen-bond acceptors (Lipinski definition) is 4. The molecule has 0 saturated carbocycles. The molecule has 1 aliphatic heterocycles. The highest BCUT2D eigenvalue weighted by Gasteiger charge is 2.27. The van der Waals surface area contributed by atoms with Crippen molar-refractivity contribution < 1.29 is 9.90 Å². The van der Waals surface area contributed by atoms with E-state index in [1.54, 1.807) is 0 Å². The van der Waals surface area contributed by atoms with Crippen molar-refractivity contribution in [1.29, 1.82) is 0 Å². The van der Waals surface area contributed by atoms with E-state index in [9.17, 15) is 9.90 Å². The number of piperidine rings is 1. The highest BCUT2D eigenvalue weighted by atomic mass is 16.4. The minimum absolute atomic E-state index is 0.323. The lowest BCUT2D eigenvalue weighted by Gasteiger charge is -2.33. The quantitative estimate of drug-likeness (QED) is 0.937. The van der Waals surface area contributed by atoms with Crippen molar-refractivity contribution in [3.8, 4) is 11.4 Å². The van der Waals surface area contributed by atoms with E-state index < -0.39 is 5.97 Å². The van der Waals surface area contributed by atoms with Gasteiger partial charge in [-0.05, 0) is 33.6 Å². The van der Waals surface area contributed by atoms with Gasteiger partial charge in [-0.15, -0.1) is 0 Å². The minimum atomic E-state index is -0.720. The van der Waals surface area contributed by atoms with Gasteiger partial charge in [-0.3, -0.25) is 4.79 Å². The predicted octanol–water partition coefficient (Wildman–Crippen LogP) is 3.37. The SMILES string of the molecule is Cc1ccc(-c2nc(C)c(C)c(N3CCCC(C(=O)O)C3)n2)cc1. The van der Waals surface area contributed by atoms with Crippen LogP contribution in [0.4, 0.5) is 5.82 Å². The van der Waals surface area contributed by atoms with Crippen molar-refractivity contribution in [2.45, 2.75) is 33.6 Å². The van der Waals surface area contributed by atoms with Gasteiger partial charge in [0.2, 0.25) is 0 Å². The number of rotatable bonds is 3. The fourth-order valence-electron chi connectivity index (χ4n) is 3.12. The van der Waals surface area contributed by atoms with Gasteiger partial charge in [0, 0.05) is 29.9 Å². The van der Waals surface area contributed by atoms with Crippen LogP contribution in [0.15, 0.2) is 24.3 Å². The molecule has 0 spiro atoms. The van der Waals surface area contributed by atoms with E-state index in [4.69, 9.17) is 4.98 Å². The summed E-state index contributed by atoms with van der Waals surface area (Å²) in [6, 6.07) is 8.16. The topological polar surface area (TPSA) is 66.3 Å². The number of benzene rings is 1. The molecule has 0 amide bonds. The standard InChI is InChI=1S/C19H23N3O2/c1-12-6-8-15(9-7-12)17-20-14(3)13(2)18(21-17)22-10-4-5-16(11-22)19(23)24/h6-9,16H,4-5,10-11H2,1-3H3,(H,23,24). The van der Waals surface area contributed by atoms with Crippen LogP contribution in [0.5, 0.6) is 0 Å². The third-order valence-corrected chi connectivity index (χ3v) is 4.74. The lowest BCUT2D eigenvalue weighted by molar-refractivity contribution is -0.141. The summed E-state index contributed by atoms with van der Waals surface area (Å²) < 4.78 is 0. The van der Waals surface area contributed by atoms with E-state index in [2.05, 4.69) is 28.9 Å². The second-order valence-corrected chi connectivity index (χ2v) is 6.57. The number of carboxylic acids is 1. The van der Waals surface area contributed by atoms with Crippen LogP contribution in [0.25, 0.3) is 11.4 Å². The normalized spacial score (nSPS) is 17.8. The third kappa shape index (κ3) is 3.25. The first-order valence-electron chi connectivity index (χ1n) is 8.35. The zero-order valence-electron chi connectivity index (χ0n) is 14.4. The fraction of sp³-hybridized carbons (Fsp3) is 0.421. The molecule has 1 fully saturated rings. The summed E-state index contributed by atoms with van der Waals surface area (Å²) >= 11 is 0. The zero-order chi connectivity index (χ0) is 17.3. The lowest BCUT2D eigenvalue weighted by atomic mass is 9.98. The molecular formula is C19H23N3O2. The maximum Gasteiger partial charge on any atom is 0.308 e. The lowest BCUT2D eigenvalue weighted by Crippen LogP contribution is -2.39. The molecule has 1 unspecified atom stereocenters. The number of aryl methyl sites for hydroxylation is 2. The van der Waals surface area contributed by atoms with Gasteiger partial charge in [0.15, 0.2) is 5.82 Å². The van der Waals surface area contributed by atoms with E-state index in [0.717, 1.165) is 42.0 Å². The Kier molecular flexibility index (Phi) is 4.51. The third-order valence-electron chi connectivity index (χ3n) is 4.74. The molecule has 126 valence electrons. The second kappa shape index (κ2) is 6.59. The van der Waals surface area contributed by atoms with Crippen LogP contribution in [0.1, 0.15) is 29.7 Å². The van der Waals surface area contributed by atoms with Crippen molar-refractivity contribution in [2.75, 3.05) is 18.0 Å². The molecule has 1 N–H and O–H groups in total. The predicted molar refractivity (Wildman–Crippen MR) is 94.3 cm³/mol. The molecule has 0 bridgehead atoms. The Balaban J connectivity index is 1.98. The fourth-order valence-corrected chi connectivity index (χ4v) is 3.12. The number of carbonyl (C=O) groups is 1. The summed E-state index contributed by atoms with van der Waals surface area (Å²) in [5.74, 6) is 0.521. The van der Waals surface area contributed by atoms with Crippen molar-refractivity contribution in [3.05, 3.63) is 41.1 Å². The Labute approximate surface area is 142 Å². The number of nitrogens with zero attached hydrogens (tertiary/aromatic N) is 3. The molecule has 1 atom stereocenters. The average molecular weight is 325 g/mol. The monoisotopic (exact) mass is 325 g/mol. The van der Waals surface area contributed by atoms with E-state index in [-0.39, 0.29) is 5.92 Å². The molecule has 0 aliphatic carbocycles. The molecule has 0 radical (unpaired) electrons. The molecule has 5 nitrogen and oxygen atoms in total. The molecular weight excluding hydrogens is 302 g/mol. The molecule has 5 heteroatoms. The second-order valence-electron chi connectivity index (χ2n) is 6.57. The van der Waals surface area contributed by atoms with Gasteiger partial charge in [-0.1, -0.05) is 29.8 Å². The Morgan fingerprint density at radius 1 is 1.17 bits per heavy atom. The Morgan fingerprint density at radius 3 is 2.54 bits per heavy atom. The van der Waals surface area contributed by atoms with E-state index in [1.165, 1.54) is 5.56 Å². The smallest absolute Gasteiger partial charge is 0.308 e. The van der Waals surface area contributed by atoms with Gasteiger partial charge in [0.05, 0.1) is 5.92 Å². The van der Waals surface area contributed by atoms with Crippen molar-refractivity contribution >= 4 is 11.8 Å².